The summed E-state index contributed by atoms with van der Waals surface area (Å²) in [5.41, 5.74) is 3.42. The zero-order valence-electron chi connectivity index (χ0n) is 15.8. The monoisotopic (exact) mass is 383 g/mol. The second-order valence-corrected chi connectivity index (χ2v) is 7.61. The average Bonchev–Trinajstić information content (AvgIpc) is 3.36. The van der Waals surface area contributed by atoms with Gasteiger partial charge in [0.15, 0.2) is 0 Å². The van der Waals surface area contributed by atoms with Crippen molar-refractivity contribution >= 4 is 17.9 Å². The molecule has 4 rings (SSSR count). The Morgan fingerprint density at radius 1 is 1.14 bits per heavy atom. The number of nitrogens with zero attached hydrogens (tertiary/aromatic N) is 2. The van der Waals surface area contributed by atoms with E-state index < -0.39 is 12.0 Å². The lowest BCUT2D eigenvalue weighted by Gasteiger charge is -2.30. The zero-order valence-corrected chi connectivity index (χ0v) is 15.8. The third-order valence-corrected chi connectivity index (χ3v) is 5.79. The van der Waals surface area contributed by atoms with E-state index in [0.717, 1.165) is 31.5 Å². The van der Waals surface area contributed by atoms with Crippen LogP contribution in [0.2, 0.25) is 0 Å². The van der Waals surface area contributed by atoms with Crippen molar-refractivity contribution in [2.75, 3.05) is 19.6 Å². The Hall–Kier alpha value is -2.83. The number of fused-ring (bicyclic) bond motifs is 1. The van der Waals surface area contributed by atoms with E-state index in [4.69, 9.17) is 4.74 Å². The van der Waals surface area contributed by atoms with E-state index in [2.05, 4.69) is 5.43 Å². The maximum atomic E-state index is 12.9. The maximum absolute atomic E-state index is 12.9. The van der Waals surface area contributed by atoms with Crippen LogP contribution >= 0.6 is 0 Å². The highest BCUT2D eigenvalue weighted by Crippen LogP contribution is 2.38. The van der Waals surface area contributed by atoms with Crippen molar-refractivity contribution in [3.8, 4) is 0 Å². The van der Waals surface area contributed by atoms with Crippen LogP contribution in [0.15, 0.2) is 42.5 Å². The summed E-state index contributed by atoms with van der Waals surface area (Å²) in [7, 11) is 0. The number of carbonyl (C=O) groups is 3. The number of ether oxygens (including phenoxy) is 1. The molecule has 7 heteroatoms. The van der Waals surface area contributed by atoms with Crippen molar-refractivity contribution in [2.45, 2.75) is 25.9 Å². The normalized spacial score (nSPS) is 26.3. The van der Waals surface area contributed by atoms with E-state index in [1.54, 1.807) is 0 Å². The summed E-state index contributed by atoms with van der Waals surface area (Å²) in [6.07, 6.45) is 5.95. The number of amides is 3. The van der Waals surface area contributed by atoms with Crippen LogP contribution in [0.3, 0.4) is 0 Å². The molecule has 2 fully saturated rings. The minimum atomic E-state index is -0.665. The first-order valence-electron chi connectivity index (χ1n) is 9.87. The standard InChI is InChI=1S/C21H25N3O4/c25-19(23-11-4-5-12-23)17-10-6-9-16-13-24(20(26)18(16)17)22-21(27)28-14-15-7-2-1-3-8-15/h1-3,6-9,16-18H,4-5,10-14H2,(H,22,27)/t16-,17+,18-/m0/s1. The summed E-state index contributed by atoms with van der Waals surface area (Å²) in [5, 5.41) is 1.31. The Kier molecular flexibility index (Phi) is 5.32. The summed E-state index contributed by atoms with van der Waals surface area (Å²) >= 11 is 0. The molecule has 2 heterocycles. The Bertz CT molecular complexity index is 773. The van der Waals surface area contributed by atoms with E-state index in [1.165, 1.54) is 5.01 Å². The van der Waals surface area contributed by atoms with Crippen molar-refractivity contribution in [3.63, 3.8) is 0 Å². The van der Waals surface area contributed by atoms with Gasteiger partial charge in [-0.15, -0.1) is 0 Å². The highest BCUT2D eigenvalue weighted by Gasteiger charge is 2.49. The molecule has 1 aromatic rings. The number of carbonyl (C=O) groups excluding carboxylic acids is 3. The topological polar surface area (TPSA) is 79.0 Å². The second kappa shape index (κ2) is 8.04. The first-order valence-corrected chi connectivity index (χ1v) is 9.87. The Labute approximate surface area is 164 Å². The van der Waals surface area contributed by atoms with Crippen LogP contribution in [0.1, 0.15) is 24.8 Å². The number of hydrazine groups is 1. The number of rotatable bonds is 4. The number of likely N-dealkylation sites (tertiary alicyclic amines) is 1. The minimum absolute atomic E-state index is 0.0628. The van der Waals surface area contributed by atoms with Gasteiger partial charge in [0.2, 0.25) is 11.8 Å². The maximum Gasteiger partial charge on any atom is 0.426 e. The molecule has 0 saturated carbocycles. The Morgan fingerprint density at radius 2 is 1.89 bits per heavy atom. The highest BCUT2D eigenvalue weighted by atomic mass is 16.6. The lowest BCUT2D eigenvalue weighted by Crippen LogP contribution is -2.46. The second-order valence-electron chi connectivity index (χ2n) is 7.61. The molecular formula is C21H25N3O4. The van der Waals surface area contributed by atoms with Gasteiger partial charge in [-0.3, -0.25) is 14.6 Å². The van der Waals surface area contributed by atoms with Crippen molar-refractivity contribution in [1.82, 2.24) is 15.3 Å². The molecule has 3 atom stereocenters. The largest absolute Gasteiger partial charge is 0.443 e. The fourth-order valence-electron chi connectivity index (χ4n) is 4.37. The first-order chi connectivity index (χ1) is 13.6. The predicted molar refractivity (Wildman–Crippen MR) is 102 cm³/mol. The quantitative estimate of drug-likeness (QED) is 0.808. The van der Waals surface area contributed by atoms with Gasteiger partial charge in [-0.2, -0.15) is 0 Å². The van der Waals surface area contributed by atoms with Crippen molar-refractivity contribution in [3.05, 3.63) is 48.0 Å². The predicted octanol–water partition coefficient (Wildman–Crippen LogP) is 2.10. The average molecular weight is 383 g/mol. The van der Waals surface area contributed by atoms with Gasteiger partial charge in [0.25, 0.3) is 0 Å². The summed E-state index contributed by atoms with van der Waals surface area (Å²) < 4.78 is 5.21. The molecular weight excluding hydrogens is 358 g/mol. The molecule has 1 N–H and O–H groups in total. The summed E-state index contributed by atoms with van der Waals surface area (Å²) in [5.74, 6) is -0.949. The number of hydrogen-bond acceptors (Lipinski definition) is 4. The minimum Gasteiger partial charge on any atom is -0.443 e. The fourth-order valence-corrected chi connectivity index (χ4v) is 4.37. The van der Waals surface area contributed by atoms with Gasteiger partial charge in [0.1, 0.15) is 6.61 Å². The molecule has 0 bridgehead atoms. The fraction of sp³-hybridized carbons (Fsp3) is 0.476. The van der Waals surface area contributed by atoms with E-state index in [9.17, 15) is 14.4 Å². The Morgan fingerprint density at radius 3 is 2.64 bits per heavy atom. The van der Waals surface area contributed by atoms with Crippen molar-refractivity contribution in [2.24, 2.45) is 17.8 Å². The number of benzene rings is 1. The molecule has 0 aromatic heterocycles. The molecule has 3 amide bonds. The highest BCUT2D eigenvalue weighted by molar-refractivity contribution is 5.91. The molecule has 0 unspecified atom stereocenters. The van der Waals surface area contributed by atoms with Crippen LogP contribution in [0.4, 0.5) is 4.79 Å². The van der Waals surface area contributed by atoms with Crippen LogP contribution in [0.25, 0.3) is 0 Å². The summed E-state index contributed by atoms with van der Waals surface area (Å²) in [6.45, 7) is 2.05. The van der Waals surface area contributed by atoms with E-state index in [0.29, 0.717) is 13.0 Å². The smallest absolute Gasteiger partial charge is 0.426 e. The third-order valence-electron chi connectivity index (χ3n) is 5.79. The van der Waals surface area contributed by atoms with Crippen LogP contribution in [-0.2, 0) is 20.9 Å². The first kappa shape index (κ1) is 18.5. The molecule has 28 heavy (non-hydrogen) atoms. The molecule has 0 spiro atoms. The van der Waals surface area contributed by atoms with Gasteiger partial charge in [-0.1, -0.05) is 42.5 Å². The Balaban J connectivity index is 1.37. The van der Waals surface area contributed by atoms with E-state index >= 15 is 0 Å². The van der Waals surface area contributed by atoms with Gasteiger partial charge < -0.3 is 9.64 Å². The van der Waals surface area contributed by atoms with Crippen molar-refractivity contribution in [1.29, 1.82) is 0 Å². The molecule has 2 aliphatic heterocycles. The molecule has 7 nitrogen and oxygen atoms in total. The van der Waals surface area contributed by atoms with Gasteiger partial charge in [-0.25, -0.2) is 10.2 Å². The van der Waals surface area contributed by atoms with Gasteiger partial charge in [0.05, 0.1) is 11.8 Å². The van der Waals surface area contributed by atoms with Crippen LogP contribution in [-0.4, -0.2) is 47.5 Å². The van der Waals surface area contributed by atoms with Gasteiger partial charge in [-0.05, 0) is 24.8 Å². The van der Waals surface area contributed by atoms with Crippen LogP contribution in [0.5, 0.6) is 0 Å². The molecule has 3 aliphatic rings. The van der Waals surface area contributed by atoms with Gasteiger partial charge >= 0.3 is 6.09 Å². The lowest BCUT2D eigenvalue weighted by molar-refractivity contribution is -0.143. The SMILES string of the molecule is O=C(NN1C[C@@H]2C=CC[C@@H](C(=O)N3CCCC3)[C@H]2C1=O)OCc1ccccc1. The van der Waals surface area contributed by atoms with E-state index in [-0.39, 0.29) is 30.3 Å². The lowest BCUT2D eigenvalue weighted by atomic mass is 9.77. The third kappa shape index (κ3) is 3.74. The van der Waals surface area contributed by atoms with Crippen molar-refractivity contribution < 1.29 is 19.1 Å². The summed E-state index contributed by atoms with van der Waals surface area (Å²) in [4.78, 5) is 39.8. The van der Waals surface area contributed by atoms with Crippen LogP contribution < -0.4 is 5.43 Å². The number of allylic oxidation sites excluding steroid dienone is 1. The molecule has 2 saturated heterocycles. The molecule has 0 radical (unpaired) electrons. The van der Waals surface area contributed by atoms with E-state index in [1.807, 2.05) is 47.4 Å². The zero-order chi connectivity index (χ0) is 19.5. The van der Waals surface area contributed by atoms with Crippen LogP contribution in [0, 0.1) is 17.8 Å². The van der Waals surface area contributed by atoms with Gasteiger partial charge in [0, 0.05) is 25.6 Å². The molecule has 1 aliphatic carbocycles. The molecule has 148 valence electrons. The number of hydrogen-bond donors (Lipinski definition) is 1. The molecule has 1 aromatic carbocycles. The number of nitrogens with one attached hydrogen (secondary N) is 1. The summed E-state index contributed by atoms with van der Waals surface area (Å²) in [6, 6.07) is 9.36.